The number of phenolic OH excluding ortho intramolecular Hbond substituents is 2. The molecular weight excluding hydrogens is 273 g/mol. The van der Waals surface area contributed by atoms with Crippen molar-refractivity contribution in [1.82, 2.24) is 0 Å². The number of carbonyl (C=O) groups excluding carboxylic acids is 1. The lowest BCUT2D eigenvalue weighted by atomic mass is 10.00. The molecule has 0 unspecified atom stereocenters. The van der Waals surface area contributed by atoms with Crippen LogP contribution in [0.2, 0.25) is 0 Å². The van der Waals surface area contributed by atoms with Gasteiger partial charge in [-0.25, -0.2) is 0 Å². The van der Waals surface area contributed by atoms with E-state index >= 15 is 0 Å². The van der Waals surface area contributed by atoms with Gasteiger partial charge in [-0.15, -0.1) is 0 Å². The van der Waals surface area contributed by atoms with E-state index < -0.39 is 23.3 Å². The highest BCUT2D eigenvalue weighted by atomic mass is 19.4. The van der Waals surface area contributed by atoms with Crippen LogP contribution in [0.5, 0.6) is 11.5 Å². The van der Waals surface area contributed by atoms with Crippen LogP contribution in [0.15, 0.2) is 12.1 Å². The summed E-state index contributed by atoms with van der Waals surface area (Å²) in [6, 6.07) is 1.71. The van der Waals surface area contributed by atoms with Crippen molar-refractivity contribution in [2.45, 2.75) is 45.2 Å². The van der Waals surface area contributed by atoms with Gasteiger partial charge in [-0.1, -0.05) is 26.2 Å². The molecule has 0 bridgehead atoms. The van der Waals surface area contributed by atoms with Crippen molar-refractivity contribution in [3.63, 3.8) is 0 Å². The van der Waals surface area contributed by atoms with Gasteiger partial charge in [-0.3, -0.25) is 4.79 Å². The van der Waals surface area contributed by atoms with Crippen LogP contribution < -0.4 is 0 Å². The molecule has 0 aliphatic heterocycles. The summed E-state index contributed by atoms with van der Waals surface area (Å²) in [5, 5.41) is 19.0. The molecule has 2 N–H and O–H groups in total. The van der Waals surface area contributed by atoms with E-state index in [0.29, 0.717) is 12.8 Å². The van der Waals surface area contributed by atoms with Gasteiger partial charge in [0.1, 0.15) is 11.5 Å². The van der Waals surface area contributed by atoms with Crippen LogP contribution in [0.1, 0.15) is 48.5 Å². The van der Waals surface area contributed by atoms with Gasteiger partial charge in [0, 0.05) is 6.07 Å². The number of hydrogen-bond acceptors (Lipinski definition) is 3. The van der Waals surface area contributed by atoms with Gasteiger partial charge in [-0.2, -0.15) is 13.2 Å². The van der Waals surface area contributed by atoms with E-state index in [-0.39, 0.29) is 11.3 Å². The number of benzene rings is 1. The van der Waals surface area contributed by atoms with Crippen LogP contribution >= 0.6 is 0 Å². The normalized spacial score (nSPS) is 11.6. The topological polar surface area (TPSA) is 57.5 Å². The molecule has 0 amide bonds. The molecule has 0 radical (unpaired) electrons. The Hall–Kier alpha value is -1.72. The number of halogens is 3. The van der Waals surface area contributed by atoms with Gasteiger partial charge in [-0.05, 0) is 24.5 Å². The lowest BCUT2D eigenvalue weighted by Gasteiger charge is -2.11. The molecule has 0 aliphatic rings. The molecule has 0 aromatic heterocycles. The number of phenols is 2. The van der Waals surface area contributed by atoms with Crippen molar-refractivity contribution in [1.29, 1.82) is 0 Å². The summed E-state index contributed by atoms with van der Waals surface area (Å²) in [6.07, 6.45) is -1.09. The summed E-state index contributed by atoms with van der Waals surface area (Å²) < 4.78 is 37.1. The molecule has 3 nitrogen and oxygen atoms in total. The number of hydrogen-bond donors (Lipinski definition) is 2. The molecule has 0 atom stereocenters. The quantitative estimate of drug-likeness (QED) is 0.615. The molecule has 0 spiro atoms. The number of unbranched alkanes of at least 4 members (excludes halogenated alkanes) is 3. The average molecular weight is 290 g/mol. The first-order chi connectivity index (χ1) is 9.27. The largest absolute Gasteiger partial charge is 0.508 e. The van der Waals surface area contributed by atoms with Crippen molar-refractivity contribution in [2.75, 3.05) is 0 Å². The van der Waals surface area contributed by atoms with Crippen LogP contribution in [0.3, 0.4) is 0 Å². The molecule has 0 saturated carbocycles. The molecule has 6 heteroatoms. The van der Waals surface area contributed by atoms with E-state index in [1.165, 1.54) is 0 Å². The molecule has 0 saturated heterocycles. The molecule has 1 aromatic rings. The predicted octanol–water partition coefficient (Wildman–Crippen LogP) is 3.97. The standard InChI is InChI=1S/C14H17F3O3/c1-2-3-4-5-6-9-7-10(12(19)8-11(9)18)13(20)14(15,16)17/h7-8,18-19H,2-6H2,1H3. The van der Waals surface area contributed by atoms with Gasteiger partial charge in [0.15, 0.2) is 0 Å². The highest BCUT2D eigenvalue weighted by molar-refractivity contribution is 6.02. The fourth-order valence-corrected chi connectivity index (χ4v) is 1.90. The van der Waals surface area contributed by atoms with Gasteiger partial charge in [0.25, 0.3) is 5.78 Å². The number of aryl methyl sites for hydroxylation is 1. The predicted molar refractivity (Wildman–Crippen MR) is 68.0 cm³/mol. The van der Waals surface area contributed by atoms with Gasteiger partial charge in [0.05, 0.1) is 5.56 Å². The van der Waals surface area contributed by atoms with Crippen LogP contribution in [0.25, 0.3) is 0 Å². The second kappa shape index (κ2) is 6.63. The highest BCUT2D eigenvalue weighted by Gasteiger charge is 2.40. The number of rotatable bonds is 6. The number of aromatic hydroxyl groups is 2. The molecule has 1 rings (SSSR count). The fourth-order valence-electron chi connectivity index (χ4n) is 1.90. The Morgan fingerprint density at radius 1 is 1.10 bits per heavy atom. The lowest BCUT2D eigenvalue weighted by molar-refractivity contribution is -0.0886. The Bertz CT molecular complexity index is 481. The van der Waals surface area contributed by atoms with Crippen molar-refractivity contribution < 1.29 is 28.2 Å². The SMILES string of the molecule is CCCCCCc1cc(C(=O)C(F)(F)F)c(O)cc1O. The van der Waals surface area contributed by atoms with E-state index in [4.69, 9.17) is 0 Å². The summed E-state index contributed by atoms with van der Waals surface area (Å²) in [5.74, 6) is -3.26. The third kappa shape index (κ3) is 4.15. The minimum Gasteiger partial charge on any atom is -0.508 e. The Kier molecular flexibility index (Phi) is 5.42. The number of carbonyl (C=O) groups is 1. The minimum absolute atomic E-state index is 0.242. The van der Waals surface area contributed by atoms with Crippen LogP contribution in [-0.2, 0) is 6.42 Å². The highest BCUT2D eigenvalue weighted by Crippen LogP contribution is 2.32. The van der Waals surface area contributed by atoms with E-state index in [9.17, 15) is 28.2 Å². The zero-order chi connectivity index (χ0) is 15.3. The average Bonchev–Trinajstić information content (AvgIpc) is 2.35. The summed E-state index contributed by atoms with van der Waals surface area (Å²) in [7, 11) is 0. The van der Waals surface area contributed by atoms with Crippen LogP contribution in [0.4, 0.5) is 13.2 Å². The number of alkyl halides is 3. The summed E-state index contributed by atoms with van der Waals surface area (Å²) in [5.41, 5.74) is -0.577. The van der Waals surface area contributed by atoms with E-state index in [1.54, 1.807) is 0 Å². The number of Topliss-reactive ketones (excluding diaryl/α,β-unsaturated/α-hetero) is 1. The number of ketones is 1. The van der Waals surface area contributed by atoms with Crippen LogP contribution in [0, 0.1) is 0 Å². The molecule has 112 valence electrons. The third-order valence-corrected chi connectivity index (χ3v) is 3.00. The van der Waals surface area contributed by atoms with Crippen LogP contribution in [-0.4, -0.2) is 22.2 Å². The molecule has 0 fully saturated rings. The fraction of sp³-hybridized carbons (Fsp3) is 0.500. The summed E-state index contributed by atoms with van der Waals surface area (Å²) >= 11 is 0. The molecule has 0 aliphatic carbocycles. The van der Waals surface area contributed by atoms with Gasteiger partial charge < -0.3 is 10.2 Å². The third-order valence-electron chi connectivity index (χ3n) is 3.00. The zero-order valence-corrected chi connectivity index (χ0v) is 11.1. The molecule has 1 aromatic carbocycles. The Balaban J connectivity index is 2.95. The first-order valence-electron chi connectivity index (χ1n) is 6.43. The lowest BCUT2D eigenvalue weighted by Crippen LogP contribution is -2.23. The van der Waals surface area contributed by atoms with E-state index in [1.807, 2.05) is 6.92 Å². The second-order valence-corrected chi connectivity index (χ2v) is 4.64. The Morgan fingerprint density at radius 2 is 1.75 bits per heavy atom. The maximum Gasteiger partial charge on any atom is 0.455 e. The van der Waals surface area contributed by atoms with Gasteiger partial charge >= 0.3 is 6.18 Å². The summed E-state index contributed by atoms with van der Waals surface area (Å²) in [4.78, 5) is 11.2. The summed E-state index contributed by atoms with van der Waals surface area (Å²) in [6.45, 7) is 2.03. The van der Waals surface area contributed by atoms with Crippen molar-refractivity contribution in [2.24, 2.45) is 0 Å². The smallest absolute Gasteiger partial charge is 0.455 e. The van der Waals surface area contributed by atoms with Crippen molar-refractivity contribution in [3.8, 4) is 11.5 Å². The van der Waals surface area contributed by atoms with E-state index in [2.05, 4.69) is 0 Å². The Labute approximate surface area is 115 Å². The first kappa shape index (κ1) is 16.3. The van der Waals surface area contributed by atoms with Crippen molar-refractivity contribution >= 4 is 5.78 Å². The molecule has 20 heavy (non-hydrogen) atoms. The minimum atomic E-state index is -5.05. The zero-order valence-electron chi connectivity index (χ0n) is 11.1. The first-order valence-corrected chi connectivity index (χ1v) is 6.43. The van der Waals surface area contributed by atoms with Gasteiger partial charge in [0.2, 0.25) is 0 Å². The molecule has 0 heterocycles. The monoisotopic (exact) mass is 290 g/mol. The van der Waals surface area contributed by atoms with Crippen molar-refractivity contribution in [3.05, 3.63) is 23.3 Å². The van der Waals surface area contributed by atoms with E-state index in [0.717, 1.165) is 31.4 Å². The maximum atomic E-state index is 12.4. The molecular formula is C14H17F3O3. The second-order valence-electron chi connectivity index (χ2n) is 4.64. The Morgan fingerprint density at radius 3 is 2.30 bits per heavy atom. The maximum absolute atomic E-state index is 12.4.